The van der Waals surface area contributed by atoms with Crippen LogP contribution in [0.4, 0.5) is 14.0 Å². The second kappa shape index (κ2) is 18.4. The number of esters is 1. The Morgan fingerprint density at radius 2 is 1.78 bits per heavy atom. The summed E-state index contributed by atoms with van der Waals surface area (Å²) >= 11 is 0. The molecule has 2 amide bonds. The van der Waals surface area contributed by atoms with Crippen LogP contribution in [0.3, 0.4) is 0 Å². The van der Waals surface area contributed by atoms with Crippen LogP contribution in [-0.4, -0.2) is 140 Å². The smallest absolute Gasteiger partial charge is 0.408 e. The van der Waals surface area contributed by atoms with E-state index in [2.05, 4.69) is 25.6 Å². The van der Waals surface area contributed by atoms with Gasteiger partial charge in [-0.1, -0.05) is 33.8 Å². The standard InChI is InChI=1S/C41H58FN7O11/c1-11-28-41(8)31(47-38(55)60-41)24(4)29(50)22(2)19-39(6,59-37(54)45-15-12-14-26-20-49(21-46-26)36-43-16-13-17-44-36)33(25(5)32(52)40(7,42)35(53)57-28)58-34-30(51)27(48(9)10)18-23(3)56-34/h12-14,16-17,20-25,27-28,30-31,33-34,51H,11,15,18-19H2,1-10H3,(H,45,54)(H,47,55)/b14-12+/t22-,23-,24+,25+,27+,28-,30-,31-,33-,34+,39-,40+,41-/m1/s1. The molecule has 5 heterocycles. The Morgan fingerprint density at radius 3 is 2.43 bits per heavy atom. The number of aliphatic hydroxyl groups excluding tert-OH is 1. The Hall–Kier alpha value is -4.85. The van der Waals surface area contributed by atoms with Crippen molar-refractivity contribution in [2.75, 3.05) is 20.6 Å². The normalized spacial score (nSPS) is 36.9. The molecule has 2 aromatic heterocycles. The van der Waals surface area contributed by atoms with Gasteiger partial charge in [0.25, 0.3) is 5.67 Å². The number of nitrogens with one attached hydrogen (secondary N) is 2. The molecule has 3 fully saturated rings. The Balaban J connectivity index is 1.52. The number of ketones is 2. The number of halogens is 1. The highest BCUT2D eigenvalue weighted by molar-refractivity contribution is 6.08. The predicted octanol–water partition coefficient (Wildman–Crippen LogP) is 3.34. The summed E-state index contributed by atoms with van der Waals surface area (Å²) in [6.45, 7) is 11.5. The average Bonchev–Trinajstić information content (AvgIpc) is 3.80. The third-order valence-electron chi connectivity index (χ3n) is 11.8. The van der Waals surface area contributed by atoms with Gasteiger partial charge in [0, 0.05) is 48.9 Å². The molecule has 0 aromatic carbocycles. The summed E-state index contributed by atoms with van der Waals surface area (Å²) < 4.78 is 48.5. The molecule has 5 rings (SSSR count). The van der Waals surface area contributed by atoms with Crippen molar-refractivity contribution < 1.29 is 57.2 Å². The summed E-state index contributed by atoms with van der Waals surface area (Å²) in [7, 11) is 3.54. The number of hydrogen-bond acceptors (Lipinski definition) is 15. The summed E-state index contributed by atoms with van der Waals surface area (Å²) in [5.41, 5.74) is -6.34. The number of ether oxygens (including phenoxy) is 5. The van der Waals surface area contributed by atoms with Crippen molar-refractivity contribution in [3.8, 4) is 5.95 Å². The van der Waals surface area contributed by atoms with E-state index in [4.69, 9.17) is 23.7 Å². The lowest BCUT2D eigenvalue weighted by atomic mass is 9.73. The van der Waals surface area contributed by atoms with Crippen molar-refractivity contribution in [3.05, 3.63) is 42.8 Å². The quantitative estimate of drug-likeness (QED) is 0.187. The maximum atomic E-state index is 16.9. The number of amides is 2. The number of carbonyl (C=O) groups excluding carboxylic acids is 5. The molecule has 3 saturated heterocycles. The maximum Gasteiger partial charge on any atom is 0.408 e. The summed E-state index contributed by atoms with van der Waals surface area (Å²) in [4.78, 5) is 83.5. The Bertz CT molecular complexity index is 1910. The number of hydrogen-bond donors (Lipinski definition) is 3. The lowest BCUT2D eigenvalue weighted by Crippen LogP contribution is -2.62. The molecule has 60 heavy (non-hydrogen) atoms. The van der Waals surface area contributed by atoms with E-state index in [0.29, 0.717) is 18.1 Å². The van der Waals surface area contributed by atoms with Crippen LogP contribution in [0.2, 0.25) is 0 Å². The van der Waals surface area contributed by atoms with Crippen LogP contribution in [0.1, 0.15) is 80.3 Å². The highest BCUT2D eigenvalue weighted by Crippen LogP contribution is 2.41. The van der Waals surface area contributed by atoms with E-state index in [1.165, 1.54) is 27.1 Å². The van der Waals surface area contributed by atoms with Crippen molar-refractivity contribution in [2.24, 2.45) is 17.8 Å². The van der Waals surface area contributed by atoms with Crippen LogP contribution in [0.15, 0.2) is 37.1 Å². The largest absolute Gasteiger partial charge is 0.455 e. The molecule has 19 heteroatoms. The van der Waals surface area contributed by atoms with Gasteiger partial charge in [-0.2, -0.15) is 0 Å². The van der Waals surface area contributed by atoms with E-state index >= 15 is 4.39 Å². The third kappa shape index (κ3) is 9.69. The second-order valence-electron chi connectivity index (χ2n) is 16.8. The molecule has 3 aliphatic rings. The molecule has 0 radical (unpaired) electrons. The molecule has 0 bridgehead atoms. The number of imidazole rings is 1. The van der Waals surface area contributed by atoms with Crippen LogP contribution < -0.4 is 10.6 Å². The Labute approximate surface area is 348 Å². The minimum Gasteiger partial charge on any atom is -0.455 e. The zero-order valence-corrected chi connectivity index (χ0v) is 35.8. The van der Waals surface area contributed by atoms with E-state index in [9.17, 15) is 29.1 Å². The average molecular weight is 844 g/mol. The number of Topliss-reactive ketones (excluding diaryl/α,β-unsaturated/α-hetero) is 2. The van der Waals surface area contributed by atoms with Crippen LogP contribution >= 0.6 is 0 Å². The summed E-state index contributed by atoms with van der Waals surface area (Å²) in [6.07, 6.45) is 1.93. The van der Waals surface area contributed by atoms with E-state index in [-0.39, 0.29) is 19.4 Å². The minimum absolute atomic E-state index is 0.0416. The molecule has 0 aliphatic carbocycles. The first-order valence-corrected chi connectivity index (χ1v) is 20.2. The van der Waals surface area contributed by atoms with Crippen molar-refractivity contribution in [2.45, 2.75) is 134 Å². The van der Waals surface area contributed by atoms with Gasteiger partial charge in [0.05, 0.1) is 17.8 Å². The monoisotopic (exact) mass is 843 g/mol. The number of likely N-dealkylation sites (N-methyl/N-ethyl adjacent to an activating group) is 1. The molecular formula is C41H58FN7O11. The number of nitrogens with zero attached hydrogens (tertiary/aromatic N) is 5. The van der Waals surface area contributed by atoms with Gasteiger partial charge in [0.15, 0.2) is 17.7 Å². The molecule has 13 atom stereocenters. The van der Waals surface area contributed by atoms with Gasteiger partial charge < -0.3 is 44.3 Å². The molecular weight excluding hydrogens is 785 g/mol. The molecule has 3 N–H and O–H groups in total. The number of fused-ring (bicyclic) bond motifs is 1. The third-order valence-corrected chi connectivity index (χ3v) is 11.8. The molecule has 2 aromatic rings. The van der Waals surface area contributed by atoms with Crippen molar-refractivity contribution >= 4 is 35.8 Å². The number of rotatable bonds is 9. The number of cyclic esters (lactones) is 1. The van der Waals surface area contributed by atoms with Gasteiger partial charge in [-0.25, -0.2) is 33.7 Å². The van der Waals surface area contributed by atoms with Crippen LogP contribution in [0, 0.1) is 17.8 Å². The fourth-order valence-corrected chi connectivity index (χ4v) is 8.62. The molecule has 0 spiro atoms. The molecule has 0 saturated carbocycles. The van der Waals surface area contributed by atoms with E-state index in [0.717, 1.165) is 6.92 Å². The number of alkyl halides is 1. The SMILES string of the molecule is CC[C@H]1OC(=O)[C@@](C)(F)C(=O)[C@H](C)[C@@H](O[C@@H]2O[C@H](C)C[C@H](N(C)C)[C@H]2O)[C@](C)(OC(=O)NC/C=C/c2cn(-c3ncccn3)cn2)C[C@@H](C)C(=O)[C@H](C)[C@H]2NC(=O)O[C@@]21C. The van der Waals surface area contributed by atoms with E-state index in [1.54, 1.807) is 88.1 Å². The van der Waals surface area contributed by atoms with Crippen LogP contribution in [-0.2, 0) is 38.1 Å². The van der Waals surface area contributed by atoms with Gasteiger partial charge in [-0.15, -0.1) is 0 Å². The highest BCUT2D eigenvalue weighted by Gasteiger charge is 2.60. The maximum absolute atomic E-state index is 16.9. The van der Waals surface area contributed by atoms with Crippen LogP contribution in [0.5, 0.6) is 0 Å². The summed E-state index contributed by atoms with van der Waals surface area (Å²) in [5, 5.41) is 16.8. The Morgan fingerprint density at radius 1 is 1.10 bits per heavy atom. The number of aromatic nitrogens is 4. The van der Waals surface area contributed by atoms with Gasteiger partial charge in [0.1, 0.15) is 36.0 Å². The molecule has 330 valence electrons. The highest BCUT2D eigenvalue weighted by atomic mass is 19.1. The second-order valence-corrected chi connectivity index (χ2v) is 16.8. The topological polar surface area (TPSA) is 223 Å². The zero-order chi connectivity index (χ0) is 44.3. The molecule has 0 unspecified atom stereocenters. The van der Waals surface area contributed by atoms with Gasteiger partial charge >= 0.3 is 18.2 Å². The lowest BCUT2D eigenvalue weighted by molar-refractivity contribution is -0.292. The van der Waals surface area contributed by atoms with Crippen molar-refractivity contribution in [1.29, 1.82) is 0 Å². The van der Waals surface area contributed by atoms with Crippen molar-refractivity contribution in [3.63, 3.8) is 0 Å². The zero-order valence-electron chi connectivity index (χ0n) is 35.8. The van der Waals surface area contributed by atoms with Crippen molar-refractivity contribution in [1.82, 2.24) is 35.1 Å². The van der Waals surface area contributed by atoms with Gasteiger partial charge in [0.2, 0.25) is 5.95 Å². The summed E-state index contributed by atoms with van der Waals surface area (Å²) in [5.74, 6) is -6.33. The first-order chi connectivity index (χ1) is 28.1. The predicted molar refractivity (Wildman–Crippen MR) is 212 cm³/mol. The number of alkyl carbamates (subject to hydrolysis) is 2. The van der Waals surface area contributed by atoms with Gasteiger partial charge in [-0.05, 0) is 73.2 Å². The molecule has 18 nitrogen and oxygen atoms in total. The summed E-state index contributed by atoms with van der Waals surface area (Å²) in [6, 6.07) is 0.175. The fourth-order valence-electron chi connectivity index (χ4n) is 8.62. The van der Waals surface area contributed by atoms with Gasteiger partial charge in [-0.3, -0.25) is 14.2 Å². The lowest BCUT2D eigenvalue weighted by Gasteiger charge is -2.47. The first kappa shape index (κ1) is 46.2. The first-order valence-electron chi connectivity index (χ1n) is 20.2. The number of aliphatic hydroxyl groups is 1. The fraction of sp³-hybridized carbons (Fsp3) is 0.659. The van der Waals surface area contributed by atoms with E-state index in [1.807, 2.05) is 0 Å². The van der Waals surface area contributed by atoms with Crippen LogP contribution in [0.25, 0.3) is 12.0 Å². The van der Waals surface area contributed by atoms with E-state index < -0.39 is 107 Å². The Kier molecular flexibility index (Phi) is 14.2. The number of carbonyl (C=O) groups is 5. The minimum atomic E-state index is -3.30. The molecule has 3 aliphatic heterocycles.